The average molecular weight is 390 g/mol. The zero-order chi connectivity index (χ0) is 19.7. The molecule has 7 heteroatoms. The van der Waals surface area contributed by atoms with Gasteiger partial charge in [0.2, 0.25) is 5.88 Å². The van der Waals surface area contributed by atoms with Crippen LogP contribution in [0.4, 0.5) is 5.69 Å². The van der Waals surface area contributed by atoms with Crippen LogP contribution in [0.25, 0.3) is 5.52 Å². The molecule has 0 saturated carbocycles. The molecule has 3 aromatic heterocycles. The quantitative estimate of drug-likeness (QED) is 0.538. The van der Waals surface area contributed by atoms with Crippen LogP contribution in [0, 0.1) is 13.8 Å². The molecule has 0 bridgehead atoms. The molecule has 0 aliphatic rings. The number of hydrogen-bond donors (Lipinski definition) is 2. The predicted octanol–water partition coefficient (Wildman–Crippen LogP) is 4.46. The van der Waals surface area contributed by atoms with Gasteiger partial charge < -0.3 is 10.4 Å². The van der Waals surface area contributed by atoms with E-state index in [2.05, 4.69) is 15.4 Å². The Bertz CT molecular complexity index is 1170. The van der Waals surface area contributed by atoms with Gasteiger partial charge >= 0.3 is 0 Å². The predicted molar refractivity (Wildman–Crippen MR) is 109 cm³/mol. The third kappa shape index (κ3) is 3.44. The standard InChI is InChI=1S/C21H18N4O2S/c1-13-12-18(28-15-6-8-22-9-7-15)14(2)11-16(13)23-20(26)19-17-5-3-4-10-25(17)24-21(19)27/h3-12H,1-2H3,(H,23,26)(H,24,27). The number of rotatable bonds is 4. The van der Waals surface area contributed by atoms with Crippen molar-refractivity contribution >= 4 is 28.9 Å². The van der Waals surface area contributed by atoms with Crippen molar-refractivity contribution in [3.05, 3.63) is 77.7 Å². The van der Waals surface area contributed by atoms with E-state index in [1.54, 1.807) is 48.6 Å². The molecule has 4 rings (SSSR count). The first-order valence-corrected chi connectivity index (χ1v) is 9.51. The highest BCUT2D eigenvalue weighted by Crippen LogP contribution is 2.33. The van der Waals surface area contributed by atoms with Crippen LogP contribution in [-0.4, -0.2) is 25.6 Å². The number of benzene rings is 1. The average Bonchev–Trinajstić information content (AvgIpc) is 3.02. The number of pyridine rings is 2. The summed E-state index contributed by atoms with van der Waals surface area (Å²) in [4.78, 5) is 19.1. The molecule has 0 radical (unpaired) electrons. The Balaban J connectivity index is 1.62. The second-order valence-corrected chi connectivity index (χ2v) is 7.52. The molecule has 0 aliphatic heterocycles. The summed E-state index contributed by atoms with van der Waals surface area (Å²) >= 11 is 1.65. The van der Waals surface area contributed by atoms with Crippen molar-refractivity contribution in [2.24, 2.45) is 0 Å². The Morgan fingerprint density at radius 3 is 2.68 bits per heavy atom. The maximum atomic E-state index is 12.8. The topological polar surface area (TPSA) is 79.5 Å². The van der Waals surface area contributed by atoms with E-state index in [9.17, 15) is 9.90 Å². The molecule has 6 nitrogen and oxygen atoms in total. The van der Waals surface area contributed by atoms with E-state index in [4.69, 9.17) is 0 Å². The van der Waals surface area contributed by atoms with Crippen molar-refractivity contribution in [2.45, 2.75) is 23.6 Å². The van der Waals surface area contributed by atoms with Crippen LogP contribution < -0.4 is 5.32 Å². The van der Waals surface area contributed by atoms with Gasteiger partial charge in [0.15, 0.2) is 0 Å². The van der Waals surface area contributed by atoms with Crippen LogP contribution in [-0.2, 0) is 0 Å². The minimum absolute atomic E-state index is 0.160. The fraction of sp³-hybridized carbons (Fsp3) is 0.0952. The van der Waals surface area contributed by atoms with E-state index in [0.717, 1.165) is 20.9 Å². The molecular formula is C21H18N4O2S. The number of carbonyl (C=O) groups excluding carboxylic acids is 1. The third-order valence-corrected chi connectivity index (χ3v) is 5.56. The molecule has 3 heterocycles. The molecule has 1 amide bonds. The summed E-state index contributed by atoms with van der Waals surface area (Å²) in [5, 5.41) is 17.0. The number of carbonyl (C=O) groups is 1. The first-order valence-electron chi connectivity index (χ1n) is 8.70. The summed E-state index contributed by atoms with van der Waals surface area (Å²) in [5.41, 5.74) is 3.40. The Kier molecular flexibility index (Phi) is 4.75. The lowest BCUT2D eigenvalue weighted by atomic mass is 10.1. The lowest BCUT2D eigenvalue weighted by Crippen LogP contribution is -2.13. The zero-order valence-corrected chi connectivity index (χ0v) is 16.2. The van der Waals surface area contributed by atoms with Crippen molar-refractivity contribution < 1.29 is 9.90 Å². The summed E-state index contributed by atoms with van der Waals surface area (Å²) < 4.78 is 1.48. The van der Waals surface area contributed by atoms with E-state index >= 15 is 0 Å². The number of hydrogen-bond acceptors (Lipinski definition) is 5. The molecule has 0 unspecified atom stereocenters. The zero-order valence-electron chi connectivity index (χ0n) is 15.4. The molecule has 140 valence electrons. The molecule has 0 spiro atoms. The lowest BCUT2D eigenvalue weighted by Gasteiger charge is -2.13. The van der Waals surface area contributed by atoms with Gasteiger partial charge in [0.05, 0.1) is 5.52 Å². The smallest absolute Gasteiger partial charge is 0.263 e. The second kappa shape index (κ2) is 7.36. The molecular weight excluding hydrogens is 372 g/mol. The van der Waals surface area contributed by atoms with Gasteiger partial charge in [0.25, 0.3) is 5.91 Å². The number of aromatic nitrogens is 3. The molecule has 0 aliphatic carbocycles. The van der Waals surface area contributed by atoms with E-state index in [1.807, 2.05) is 38.1 Å². The van der Waals surface area contributed by atoms with Crippen molar-refractivity contribution in [1.29, 1.82) is 0 Å². The van der Waals surface area contributed by atoms with Crippen molar-refractivity contribution in [1.82, 2.24) is 14.6 Å². The van der Waals surface area contributed by atoms with Gasteiger partial charge in [-0.05, 0) is 61.4 Å². The molecule has 1 aromatic carbocycles. The highest BCUT2D eigenvalue weighted by Gasteiger charge is 2.20. The van der Waals surface area contributed by atoms with Gasteiger partial charge in [0, 0.05) is 34.1 Å². The van der Waals surface area contributed by atoms with Gasteiger partial charge in [-0.15, -0.1) is 5.10 Å². The molecule has 0 fully saturated rings. The molecule has 4 aromatic rings. The Labute approximate surface area is 166 Å². The number of nitrogens with one attached hydrogen (secondary N) is 1. The first kappa shape index (κ1) is 18.1. The second-order valence-electron chi connectivity index (χ2n) is 6.40. The number of aromatic hydroxyl groups is 1. The summed E-state index contributed by atoms with van der Waals surface area (Å²) in [6.45, 7) is 3.95. The van der Waals surface area contributed by atoms with E-state index in [0.29, 0.717) is 11.2 Å². The maximum Gasteiger partial charge on any atom is 0.263 e. The van der Waals surface area contributed by atoms with Gasteiger partial charge in [-0.1, -0.05) is 17.8 Å². The summed E-state index contributed by atoms with van der Waals surface area (Å²) in [6, 6.07) is 13.2. The van der Waals surface area contributed by atoms with Crippen LogP contribution in [0.2, 0.25) is 0 Å². The molecule has 0 atom stereocenters. The Morgan fingerprint density at radius 2 is 1.89 bits per heavy atom. The van der Waals surface area contributed by atoms with Crippen LogP contribution in [0.15, 0.2) is 70.8 Å². The van der Waals surface area contributed by atoms with Gasteiger partial charge in [-0.2, -0.15) is 0 Å². The van der Waals surface area contributed by atoms with Crippen LogP contribution in [0.5, 0.6) is 5.88 Å². The number of amides is 1. The molecule has 0 saturated heterocycles. The summed E-state index contributed by atoms with van der Waals surface area (Å²) in [5.74, 6) is -0.682. The van der Waals surface area contributed by atoms with Gasteiger partial charge in [-0.25, -0.2) is 4.52 Å². The van der Waals surface area contributed by atoms with Crippen molar-refractivity contribution in [2.75, 3.05) is 5.32 Å². The van der Waals surface area contributed by atoms with Gasteiger partial charge in [0.1, 0.15) is 5.56 Å². The minimum atomic E-state index is -0.393. The maximum absolute atomic E-state index is 12.8. The van der Waals surface area contributed by atoms with Crippen molar-refractivity contribution in [3.63, 3.8) is 0 Å². The van der Waals surface area contributed by atoms with Crippen molar-refractivity contribution in [3.8, 4) is 5.88 Å². The monoisotopic (exact) mass is 390 g/mol. The fourth-order valence-electron chi connectivity index (χ4n) is 2.96. The number of fused-ring (bicyclic) bond motifs is 1. The highest BCUT2D eigenvalue weighted by atomic mass is 32.2. The third-order valence-electron chi connectivity index (χ3n) is 4.40. The minimum Gasteiger partial charge on any atom is -0.492 e. The number of nitrogens with zero attached hydrogens (tertiary/aromatic N) is 3. The Hall–Kier alpha value is -3.32. The van der Waals surface area contributed by atoms with Crippen LogP contribution >= 0.6 is 11.8 Å². The SMILES string of the molecule is Cc1cc(Sc2ccncc2)c(C)cc1NC(=O)c1c(O)nn2ccccc12. The van der Waals surface area contributed by atoms with E-state index in [-0.39, 0.29) is 11.4 Å². The lowest BCUT2D eigenvalue weighted by molar-refractivity contribution is 0.102. The number of anilines is 1. The van der Waals surface area contributed by atoms with Crippen LogP contribution in [0.1, 0.15) is 21.5 Å². The number of aryl methyl sites for hydroxylation is 2. The van der Waals surface area contributed by atoms with Crippen LogP contribution in [0.3, 0.4) is 0 Å². The highest BCUT2D eigenvalue weighted by molar-refractivity contribution is 7.99. The molecule has 2 N–H and O–H groups in total. The summed E-state index contributed by atoms with van der Waals surface area (Å²) in [7, 11) is 0. The fourth-order valence-corrected chi connectivity index (χ4v) is 3.92. The van der Waals surface area contributed by atoms with E-state index in [1.165, 1.54) is 4.52 Å². The first-order chi connectivity index (χ1) is 13.5. The summed E-state index contributed by atoms with van der Waals surface area (Å²) in [6.07, 6.45) is 5.22. The molecule has 28 heavy (non-hydrogen) atoms. The largest absolute Gasteiger partial charge is 0.492 e. The van der Waals surface area contributed by atoms with Gasteiger partial charge in [-0.3, -0.25) is 9.78 Å². The van der Waals surface area contributed by atoms with E-state index < -0.39 is 5.91 Å². The Morgan fingerprint density at radius 1 is 1.11 bits per heavy atom. The normalized spacial score (nSPS) is 10.9.